The fourth-order valence-electron chi connectivity index (χ4n) is 3.46. The molecule has 0 radical (unpaired) electrons. The molecule has 4 heterocycles. The molecule has 2 aliphatic rings. The largest absolute Gasteiger partial charge is 0.351 e. The topological polar surface area (TPSA) is 70.4 Å². The lowest BCUT2D eigenvalue weighted by Crippen LogP contribution is -2.48. The van der Waals surface area contributed by atoms with Crippen LogP contribution in [0.25, 0.3) is 11.0 Å². The van der Waals surface area contributed by atoms with E-state index in [0.29, 0.717) is 6.54 Å². The Labute approximate surface area is 150 Å². The van der Waals surface area contributed by atoms with E-state index in [-0.39, 0.29) is 12.1 Å². The van der Waals surface area contributed by atoms with Crippen LogP contribution in [-0.4, -0.2) is 63.9 Å². The van der Waals surface area contributed by atoms with Crippen LogP contribution in [0.3, 0.4) is 0 Å². The molecular weight excluding hydrogens is 330 g/mol. The van der Waals surface area contributed by atoms with Gasteiger partial charge in [-0.1, -0.05) is 12.1 Å². The van der Waals surface area contributed by atoms with E-state index in [4.69, 9.17) is 0 Å². The molecule has 0 N–H and O–H groups in total. The second-order valence-electron chi connectivity index (χ2n) is 6.81. The molecule has 26 heavy (non-hydrogen) atoms. The van der Waals surface area contributed by atoms with Gasteiger partial charge >= 0.3 is 6.03 Å². The molecule has 0 aliphatic carbocycles. The molecule has 3 aromatic rings. The van der Waals surface area contributed by atoms with E-state index in [1.807, 2.05) is 48.4 Å². The molecule has 0 saturated carbocycles. The molecule has 0 bridgehead atoms. The third kappa shape index (κ3) is 2.37. The van der Waals surface area contributed by atoms with E-state index in [9.17, 15) is 4.79 Å². The van der Waals surface area contributed by atoms with Crippen LogP contribution in [0.5, 0.6) is 0 Å². The van der Waals surface area contributed by atoms with Gasteiger partial charge in [0.05, 0.1) is 35.2 Å². The Morgan fingerprint density at radius 1 is 1.08 bits per heavy atom. The summed E-state index contributed by atoms with van der Waals surface area (Å²) in [6, 6.07) is 8.20. The number of carbonyl (C=O) groups is 1. The van der Waals surface area contributed by atoms with Gasteiger partial charge in [-0.2, -0.15) is 5.10 Å². The fraction of sp³-hybridized carbons (Fsp3) is 0.333. The van der Waals surface area contributed by atoms with Crippen LogP contribution in [0, 0.1) is 0 Å². The van der Waals surface area contributed by atoms with Crippen LogP contribution in [0.1, 0.15) is 6.04 Å². The molecule has 2 aromatic heterocycles. The Kier molecular flexibility index (Phi) is 3.31. The fourth-order valence-corrected chi connectivity index (χ4v) is 3.46. The minimum Gasteiger partial charge on any atom is -0.351 e. The van der Waals surface area contributed by atoms with Gasteiger partial charge in [-0.25, -0.2) is 9.78 Å². The van der Waals surface area contributed by atoms with Crippen LogP contribution in [0.2, 0.25) is 0 Å². The Hall–Kier alpha value is -3.16. The Balaban J connectivity index is 1.28. The van der Waals surface area contributed by atoms with Crippen LogP contribution >= 0.6 is 0 Å². The van der Waals surface area contributed by atoms with Gasteiger partial charge in [-0.05, 0) is 12.1 Å². The molecule has 2 amide bonds. The summed E-state index contributed by atoms with van der Waals surface area (Å²) < 4.78 is 1.95. The van der Waals surface area contributed by atoms with Gasteiger partial charge in [0.25, 0.3) is 0 Å². The Bertz CT molecular complexity index is 978. The summed E-state index contributed by atoms with van der Waals surface area (Å²) in [5.74, 6) is 0.892. The number of likely N-dealkylation sites (N-methyl/N-ethyl adjacent to an activating group) is 1. The number of para-hydroxylation sites is 2. The van der Waals surface area contributed by atoms with Gasteiger partial charge in [0.1, 0.15) is 5.82 Å². The zero-order valence-corrected chi connectivity index (χ0v) is 14.5. The summed E-state index contributed by atoms with van der Waals surface area (Å²) in [5.41, 5.74) is 2.68. The van der Waals surface area contributed by atoms with Crippen LogP contribution < -0.4 is 9.80 Å². The first kappa shape index (κ1) is 15.1. The van der Waals surface area contributed by atoms with Crippen molar-refractivity contribution in [2.75, 3.05) is 43.0 Å². The van der Waals surface area contributed by atoms with Crippen molar-refractivity contribution in [1.29, 1.82) is 0 Å². The van der Waals surface area contributed by atoms with Gasteiger partial charge < -0.3 is 9.80 Å². The standard InChI is InChI=1S/C18H19N7O/c1-22-6-7-24(18(22)26)13-8-20-25(12-13)14-10-23(11-14)17-9-19-15-4-2-3-5-16(15)21-17/h2-5,8-9,12,14H,6-7,10-11H2,1H3. The average molecular weight is 349 g/mol. The maximum Gasteiger partial charge on any atom is 0.324 e. The number of urea groups is 1. The highest BCUT2D eigenvalue weighted by atomic mass is 16.2. The molecule has 2 fully saturated rings. The first-order valence-corrected chi connectivity index (χ1v) is 8.72. The molecule has 132 valence electrons. The van der Waals surface area contributed by atoms with Gasteiger partial charge in [0.15, 0.2) is 0 Å². The summed E-state index contributed by atoms with van der Waals surface area (Å²) in [4.78, 5) is 27.0. The summed E-state index contributed by atoms with van der Waals surface area (Å²) in [7, 11) is 1.82. The maximum absolute atomic E-state index is 12.1. The Morgan fingerprint density at radius 3 is 2.65 bits per heavy atom. The van der Waals surface area contributed by atoms with Crippen molar-refractivity contribution < 1.29 is 4.79 Å². The van der Waals surface area contributed by atoms with E-state index in [2.05, 4.69) is 20.0 Å². The number of aromatic nitrogens is 4. The second kappa shape index (κ2) is 5.69. The number of nitrogens with zero attached hydrogens (tertiary/aromatic N) is 7. The van der Waals surface area contributed by atoms with E-state index < -0.39 is 0 Å². The zero-order chi connectivity index (χ0) is 17.7. The number of carbonyl (C=O) groups excluding carboxylic acids is 1. The van der Waals surface area contributed by atoms with Crippen LogP contribution in [0.15, 0.2) is 42.9 Å². The van der Waals surface area contributed by atoms with Crippen molar-refractivity contribution in [3.63, 3.8) is 0 Å². The minimum absolute atomic E-state index is 0.0335. The SMILES string of the molecule is CN1CCN(c2cnn(C3CN(c4cnc5ccccc5n4)C3)c2)C1=O. The first-order chi connectivity index (χ1) is 12.7. The minimum atomic E-state index is 0.0335. The van der Waals surface area contributed by atoms with E-state index in [1.54, 1.807) is 16.0 Å². The molecular formula is C18H19N7O. The summed E-state index contributed by atoms with van der Waals surface area (Å²) in [5, 5.41) is 4.46. The van der Waals surface area contributed by atoms with Crippen LogP contribution in [0.4, 0.5) is 16.3 Å². The second-order valence-corrected chi connectivity index (χ2v) is 6.81. The molecule has 5 rings (SSSR count). The predicted octanol–water partition coefficient (Wildman–Crippen LogP) is 1.76. The number of anilines is 2. The summed E-state index contributed by atoms with van der Waals surface area (Å²) in [6.45, 7) is 3.14. The maximum atomic E-state index is 12.1. The summed E-state index contributed by atoms with van der Waals surface area (Å²) >= 11 is 0. The highest BCUT2D eigenvalue weighted by Crippen LogP contribution is 2.28. The van der Waals surface area contributed by atoms with Crippen molar-refractivity contribution in [2.45, 2.75) is 6.04 Å². The molecule has 0 atom stereocenters. The highest BCUT2D eigenvalue weighted by Gasteiger charge is 2.32. The summed E-state index contributed by atoms with van der Waals surface area (Å²) in [6.07, 6.45) is 5.56. The molecule has 8 heteroatoms. The third-order valence-electron chi connectivity index (χ3n) is 5.11. The molecule has 2 aliphatic heterocycles. The molecule has 8 nitrogen and oxygen atoms in total. The highest BCUT2D eigenvalue weighted by molar-refractivity contribution is 5.93. The average Bonchev–Trinajstić information content (AvgIpc) is 3.21. The van der Waals surface area contributed by atoms with Crippen molar-refractivity contribution in [1.82, 2.24) is 24.6 Å². The first-order valence-electron chi connectivity index (χ1n) is 8.72. The van der Waals surface area contributed by atoms with Crippen molar-refractivity contribution in [2.24, 2.45) is 0 Å². The molecule has 0 unspecified atom stereocenters. The van der Waals surface area contributed by atoms with Crippen molar-refractivity contribution in [3.05, 3.63) is 42.9 Å². The third-order valence-corrected chi connectivity index (χ3v) is 5.11. The van der Waals surface area contributed by atoms with E-state index in [1.165, 1.54) is 0 Å². The zero-order valence-electron chi connectivity index (χ0n) is 14.5. The Morgan fingerprint density at radius 2 is 1.88 bits per heavy atom. The van der Waals surface area contributed by atoms with Gasteiger partial charge in [0.2, 0.25) is 0 Å². The van der Waals surface area contributed by atoms with Gasteiger partial charge in [0, 0.05) is 39.4 Å². The number of benzene rings is 1. The molecule has 2 saturated heterocycles. The number of amides is 2. The lowest BCUT2D eigenvalue weighted by molar-refractivity contribution is 0.229. The van der Waals surface area contributed by atoms with Crippen molar-refractivity contribution >= 4 is 28.6 Å². The van der Waals surface area contributed by atoms with E-state index in [0.717, 1.165) is 42.2 Å². The number of hydrogen-bond acceptors (Lipinski definition) is 5. The lowest BCUT2D eigenvalue weighted by Gasteiger charge is -2.39. The van der Waals surface area contributed by atoms with E-state index >= 15 is 0 Å². The van der Waals surface area contributed by atoms with Crippen molar-refractivity contribution in [3.8, 4) is 0 Å². The van der Waals surface area contributed by atoms with Gasteiger partial charge in [-0.3, -0.25) is 14.6 Å². The molecule has 1 aromatic carbocycles. The van der Waals surface area contributed by atoms with Gasteiger partial charge in [-0.15, -0.1) is 0 Å². The predicted molar refractivity (Wildman–Crippen MR) is 98.4 cm³/mol. The normalized spacial score (nSPS) is 18.0. The smallest absolute Gasteiger partial charge is 0.324 e. The molecule has 0 spiro atoms. The number of hydrogen-bond donors (Lipinski definition) is 0. The number of rotatable bonds is 3. The number of fused-ring (bicyclic) bond motifs is 1. The lowest BCUT2D eigenvalue weighted by atomic mass is 10.1. The quantitative estimate of drug-likeness (QED) is 0.721. The monoisotopic (exact) mass is 349 g/mol. The van der Waals surface area contributed by atoms with Crippen LogP contribution in [-0.2, 0) is 0 Å².